The number of aryl methyl sites for hydroxylation is 1. The largest absolute Gasteiger partial charge is 0.493 e. The molecule has 1 fully saturated rings. The molecule has 0 spiro atoms. The van der Waals surface area contributed by atoms with Gasteiger partial charge < -0.3 is 23.6 Å². The van der Waals surface area contributed by atoms with Crippen molar-refractivity contribution in [3.8, 4) is 23.0 Å². The van der Waals surface area contributed by atoms with Crippen LogP contribution in [0, 0.1) is 6.92 Å². The minimum absolute atomic E-state index is 0.0176. The number of rotatable bonds is 10. The summed E-state index contributed by atoms with van der Waals surface area (Å²) in [7, 11) is 5.81. The van der Waals surface area contributed by atoms with Crippen LogP contribution in [0.4, 0.5) is 0 Å². The van der Waals surface area contributed by atoms with Gasteiger partial charge in [-0.25, -0.2) is 0 Å². The Morgan fingerprint density at radius 1 is 1.00 bits per heavy atom. The van der Waals surface area contributed by atoms with Crippen molar-refractivity contribution >= 4 is 27.5 Å². The summed E-state index contributed by atoms with van der Waals surface area (Å²) in [6.45, 7) is 2.41. The van der Waals surface area contributed by atoms with Gasteiger partial charge in [-0.1, -0.05) is 23.4 Å². The van der Waals surface area contributed by atoms with Gasteiger partial charge in [0, 0.05) is 29.3 Å². The van der Waals surface area contributed by atoms with Crippen LogP contribution >= 0.6 is 0 Å². The predicted molar refractivity (Wildman–Crippen MR) is 153 cm³/mol. The van der Waals surface area contributed by atoms with Gasteiger partial charge >= 0.3 is 0 Å². The average molecular weight is 538 g/mol. The fraction of sp³-hybridized carbons (Fsp3) is 0.281. The molecule has 8 heteroatoms. The summed E-state index contributed by atoms with van der Waals surface area (Å²) >= 11 is 0. The third kappa shape index (κ3) is 4.98. The number of pyridine rings is 1. The van der Waals surface area contributed by atoms with E-state index in [-0.39, 0.29) is 17.7 Å². The Morgan fingerprint density at radius 2 is 1.85 bits per heavy atom. The molecule has 2 heterocycles. The number of Topliss-reactive ketones (excluding diaryl/α,β-unsaturated/α-hetero) is 1. The first kappa shape index (κ1) is 25.8. The van der Waals surface area contributed by atoms with Crippen LogP contribution in [0.2, 0.25) is 0 Å². The Morgan fingerprint density at radius 3 is 2.58 bits per heavy atom. The van der Waals surface area contributed by atoms with Gasteiger partial charge in [-0.3, -0.25) is 9.78 Å². The quantitative estimate of drug-likeness (QED) is 0.190. The van der Waals surface area contributed by atoms with Crippen LogP contribution in [0.25, 0.3) is 21.7 Å². The van der Waals surface area contributed by atoms with Crippen molar-refractivity contribution in [2.45, 2.75) is 31.7 Å². The molecule has 5 aromatic rings. The number of nitrogens with zero attached hydrogens (tertiary/aromatic N) is 3. The van der Waals surface area contributed by atoms with Crippen molar-refractivity contribution in [3.05, 3.63) is 83.9 Å². The van der Waals surface area contributed by atoms with Crippen molar-refractivity contribution in [2.75, 3.05) is 27.8 Å². The highest BCUT2D eigenvalue weighted by atomic mass is 16.5. The first-order valence-electron chi connectivity index (χ1n) is 13.3. The van der Waals surface area contributed by atoms with Crippen molar-refractivity contribution in [1.82, 2.24) is 15.0 Å². The van der Waals surface area contributed by atoms with Crippen LogP contribution in [0.3, 0.4) is 0 Å². The second-order valence-electron chi connectivity index (χ2n) is 10.6. The fourth-order valence-electron chi connectivity index (χ4n) is 5.02. The predicted octanol–water partition coefficient (Wildman–Crippen LogP) is 6.38. The number of ether oxygens (including phenoxy) is 3. The smallest absolute Gasteiger partial charge is 0.169 e. The number of benzene rings is 3. The van der Waals surface area contributed by atoms with E-state index in [1.54, 1.807) is 19.4 Å². The summed E-state index contributed by atoms with van der Waals surface area (Å²) in [6, 6.07) is 18.8. The van der Waals surface area contributed by atoms with E-state index in [0.717, 1.165) is 34.5 Å². The van der Waals surface area contributed by atoms with Crippen LogP contribution < -0.4 is 14.2 Å². The highest BCUT2D eigenvalue weighted by Gasteiger charge is 2.45. The lowest BCUT2D eigenvalue weighted by molar-refractivity contribution is 0.0992. The van der Waals surface area contributed by atoms with Gasteiger partial charge in [0.15, 0.2) is 17.3 Å². The summed E-state index contributed by atoms with van der Waals surface area (Å²) in [5.74, 6) is 3.26. The normalized spacial score (nSPS) is 14.0. The Hall–Kier alpha value is -4.43. The van der Waals surface area contributed by atoms with Crippen molar-refractivity contribution < 1.29 is 23.5 Å². The highest BCUT2D eigenvalue weighted by molar-refractivity contribution is 6.09. The monoisotopic (exact) mass is 537 g/mol. The van der Waals surface area contributed by atoms with E-state index in [1.165, 1.54) is 0 Å². The van der Waals surface area contributed by atoms with E-state index >= 15 is 0 Å². The zero-order valence-corrected chi connectivity index (χ0v) is 23.1. The van der Waals surface area contributed by atoms with Gasteiger partial charge in [0.2, 0.25) is 0 Å². The summed E-state index contributed by atoms with van der Waals surface area (Å²) < 4.78 is 23.3. The number of carbonyl (C=O) groups excluding carboxylic acids is 1. The molecule has 1 aliphatic rings. The molecule has 8 nitrogen and oxygen atoms in total. The maximum Gasteiger partial charge on any atom is 0.169 e. The minimum Gasteiger partial charge on any atom is -0.493 e. The Labute approximate surface area is 232 Å². The number of hydrogen-bond donors (Lipinski definition) is 0. The van der Waals surface area contributed by atoms with E-state index in [0.29, 0.717) is 46.6 Å². The molecule has 3 aromatic carbocycles. The van der Waals surface area contributed by atoms with Gasteiger partial charge in [0.25, 0.3) is 0 Å². The van der Waals surface area contributed by atoms with Crippen LogP contribution in [0.5, 0.6) is 23.0 Å². The second kappa shape index (κ2) is 10.3. The fourth-order valence-corrected chi connectivity index (χ4v) is 5.02. The molecule has 0 radical (unpaired) electrons. The molecule has 204 valence electrons. The molecule has 6 rings (SSSR count). The molecule has 0 unspecified atom stereocenters. The molecule has 0 amide bonds. The van der Waals surface area contributed by atoms with Gasteiger partial charge in [0.05, 0.1) is 30.3 Å². The third-order valence-corrected chi connectivity index (χ3v) is 7.66. The summed E-state index contributed by atoms with van der Waals surface area (Å²) in [6.07, 6.45) is 4.14. The van der Waals surface area contributed by atoms with E-state index < -0.39 is 0 Å². The lowest BCUT2D eigenvalue weighted by Gasteiger charge is -2.24. The maximum atomic E-state index is 13.0. The number of methoxy groups -OCH3 is 1. The highest BCUT2D eigenvalue weighted by Crippen LogP contribution is 2.42. The maximum absolute atomic E-state index is 13.0. The van der Waals surface area contributed by atoms with Gasteiger partial charge in [-0.2, -0.15) is 0 Å². The molecular weight excluding hydrogens is 506 g/mol. The van der Waals surface area contributed by atoms with Crippen LogP contribution in [0.1, 0.15) is 34.7 Å². The number of carbonyl (C=O) groups is 1. The molecular formula is C32H31N3O5. The van der Waals surface area contributed by atoms with Crippen molar-refractivity contribution in [2.24, 2.45) is 0 Å². The van der Waals surface area contributed by atoms with Gasteiger partial charge in [-0.15, -0.1) is 0 Å². The molecule has 40 heavy (non-hydrogen) atoms. The first-order chi connectivity index (χ1) is 19.3. The topological polar surface area (TPSA) is 86.9 Å². The van der Waals surface area contributed by atoms with E-state index in [4.69, 9.17) is 18.7 Å². The number of ketones is 1. The number of fused-ring (bicyclic) bond motifs is 2. The molecule has 0 aliphatic heterocycles. The van der Waals surface area contributed by atoms with Gasteiger partial charge in [0.1, 0.15) is 23.9 Å². The van der Waals surface area contributed by atoms with Gasteiger partial charge in [-0.05, 0) is 75.0 Å². The minimum atomic E-state index is -0.0176. The third-order valence-electron chi connectivity index (χ3n) is 7.66. The van der Waals surface area contributed by atoms with Crippen LogP contribution in [-0.4, -0.2) is 54.2 Å². The molecule has 0 N–H and O–H groups in total. The van der Waals surface area contributed by atoms with Crippen molar-refractivity contribution in [1.29, 1.82) is 0 Å². The Balaban J connectivity index is 1.26. The number of aromatic nitrogens is 2. The molecule has 0 saturated heterocycles. The Kier molecular flexibility index (Phi) is 6.64. The van der Waals surface area contributed by atoms with E-state index in [9.17, 15) is 4.79 Å². The standard InChI is InChI=1S/C32H31N3O5/c1-20-14-22(34-40-20)16-28(36)25-7-5-6-21-15-23(8-9-24(21)25)39-29-10-13-33-27-18-31(30(37-4)17-26(27)29)38-19-32(11-12-32)35(2)3/h5-10,13-15,17-18H,11-12,16,19H2,1-4H3. The molecule has 1 saturated carbocycles. The van der Waals surface area contributed by atoms with E-state index in [1.807, 2.05) is 61.5 Å². The lowest BCUT2D eigenvalue weighted by atomic mass is 9.99. The molecule has 0 bridgehead atoms. The Bertz CT molecular complexity index is 1720. The lowest BCUT2D eigenvalue weighted by Crippen LogP contribution is -2.35. The summed E-state index contributed by atoms with van der Waals surface area (Å²) in [5, 5.41) is 6.53. The summed E-state index contributed by atoms with van der Waals surface area (Å²) in [5.41, 5.74) is 2.10. The SMILES string of the molecule is COc1cc2c(Oc3ccc4c(C(=O)Cc5cc(C)on5)cccc4c3)ccnc2cc1OCC1(N(C)C)CC1. The number of likely N-dealkylation sites (N-methyl/N-ethyl adjacent to an activating group) is 1. The average Bonchev–Trinajstić information content (AvgIpc) is 3.65. The van der Waals surface area contributed by atoms with Crippen LogP contribution in [0.15, 0.2) is 71.4 Å². The molecule has 1 aliphatic carbocycles. The zero-order chi connectivity index (χ0) is 27.9. The zero-order valence-electron chi connectivity index (χ0n) is 23.1. The van der Waals surface area contributed by atoms with Crippen molar-refractivity contribution in [3.63, 3.8) is 0 Å². The molecule has 0 atom stereocenters. The van der Waals surface area contributed by atoms with Crippen LogP contribution in [-0.2, 0) is 6.42 Å². The van der Waals surface area contributed by atoms with E-state index in [2.05, 4.69) is 29.1 Å². The second-order valence-corrected chi connectivity index (χ2v) is 10.6. The molecule has 2 aromatic heterocycles. The number of hydrogen-bond acceptors (Lipinski definition) is 8. The summed E-state index contributed by atoms with van der Waals surface area (Å²) in [4.78, 5) is 19.8. The first-order valence-corrected chi connectivity index (χ1v) is 13.3.